The molecule has 0 aliphatic carbocycles. The molecule has 1 aromatic rings. The quantitative estimate of drug-likeness (QED) is 0.694. The van der Waals surface area contributed by atoms with E-state index in [0.717, 1.165) is 12.0 Å². The van der Waals surface area contributed by atoms with Gasteiger partial charge in [-0.05, 0) is 29.9 Å². The molecule has 128 valence electrons. The van der Waals surface area contributed by atoms with Crippen LogP contribution in [0.15, 0.2) is 24.3 Å². The third-order valence-electron chi connectivity index (χ3n) is 3.55. The summed E-state index contributed by atoms with van der Waals surface area (Å²) in [5, 5.41) is 11.6. The van der Waals surface area contributed by atoms with E-state index in [-0.39, 0.29) is 18.7 Å². The van der Waals surface area contributed by atoms with E-state index in [0.29, 0.717) is 18.9 Å². The monoisotopic (exact) mass is 321 g/mol. The van der Waals surface area contributed by atoms with Gasteiger partial charge in [-0.3, -0.25) is 4.79 Å². The van der Waals surface area contributed by atoms with Gasteiger partial charge in [-0.2, -0.15) is 0 Å². The number of rotatable bonds is 10. The zero-order valence-electron chi connectivity index (χ0n) is 14.2. The Morgan fingerprint density at radius 1 is 1.17 bits per heavy atom. The van der Waals surface area contributed by atoms with Crippen molar-refractivity contribution >= 4 is 11.9 Å². The number of benzene rings is 1. The minimum Gasteiger partial charge on any atom is -0.480 e. The number of hydrogen-bond donors (Lipinski definition) is 2. The van der Waals surface area contributed by atoms with Gasteiger partial charge in [0.1, 0.15) is 6.04 Å². The minimum atomic E-state index is -1.03. The second-order valence-electron chi connectivity index (χ2n) is 6.15. The highest BCUT2D eigenvalue weighted by Gasteiger charge is 2.19. The number of methoxy groups -OCH3 is 1. The Hall–Kier alpha value is -1.88. The molecule has 2 N–H and O–H groups in total. The molecule has 1 rings (SSSR count). The Morgan fingerprint density at radius 2 is 1.78 bits per heavy atom. The standard InChI is InChI=1S/C18H27NO4/c1-13(2)12-15-6-4-14(5-7-15)8-9-17(20)19-16(18(21)22)10-11-23-3/h4-7,13,16H,8-12H2,1-3H3,(H,19,20)(H,21,22). The minimum absolute atomic E-state index is 0.250. The topological polar surface area (TPSA) is 75.6 Å². The third kappa shape index (κ3) is 7.79. The van der Waals surface area contributed by atoms with Gasteiger partial charge >= 0.3 is 5.97 Å². The van der Waals surface area contributed by atoms with E-state index in [1.165, 1.54) is 12.7 Å². The summed E-state index contributed by atoms with van der Waals surface area (Å²) < 4.78 is 4.86. The average Bonchev–Trinajstić information content (AvgIpc) is 2.50. The first-order valence-corrected chi connectivity index (χ1v) is 8.01. The van der Waals surface area contributed by atoms with Crippen LogP contribution < -0.4 is 5.32 Å². The number of amides is 1. The van der Waals surface area contributed by atoms with Crippen molar-refractivity contribution < 1.29 is 19.4 Å². The van der Waals surface area contributed by atoms with Crippen molar-refractivity contribution in [3.8, 4) is 0 Å². The highest BCUT2D eigenvalue weighted by atomic mass is 16.5. The lowest BCUT2D eigenvalue weighted by atomic mass is 10.0. The molecule has 0 bridgehead atoms. The van der Waals surface area contributed by atoms with E-state index in [2.05, 4.69) is 31.3 Å². The molecule has 1 amide bonds. The second-order valence-corrected chi connectivity index (χ2v) is 6.15. The lowest BCUT2D eigenvalue weighted by Crippen LogP contribution is -2.41. The summed E-state index contributed by atoms with van der Waals surface area (Å²) in [4.78, 5) is 23.0. The summed E-state index contributed by atoms with van der Waals surface area (Å²) >= 11 is 0. The molecule has 1 aromatic carbocycles. The normalized spacial score (nSPS) is 12.2. The molecule has 23 heavy (non-hydrogen) atoms. The van der Waals surface area contributed by atoms with Gasteiger partial charge in [0, 0.05) is 26.6 Å². The molecular weight excluding hydrogens is 294 g/mol. The Labute approximate surface area is 138 Å². The van der Waals surface area contributed by atoms with Crippen LogP contribution >= 0.6 is 0 Å². The van der Waals surface area contributed by atoms with Crippen LogP contribution in [0, 0.1) is 5.92 Å². The van der Waals surface area contributed by atoms with Crippen molar-refractivity contribution in [1.82, 2.24) is 5.32 Å². The summed E-state index contributed by atoms with van der Waals surface area (Å²) in [6.45, 7) is 4.66. The lowest BCUT2D eigenvalue weighted by molar-refractivity contribution is -0.142. The van der Waals surface area contributed by atoms with Gasteiger partial charge in [-0.25, -0.2) is 4.79 Å². The van der Waals surface area contributed by atoms with E-state index < -0.39 is 12.0 Å². The predicted octanol–water partition coefficient (Wildman–Crippen LogP) is 2.42. The van der Waals surface area contributed by atoms with Crippen molar-refractivity contribution in [3.63, 3.8) is 0 Å². The number of carbonyl (C=O) groups is 2. The molecular formula is C18H27NO4. The maximum atomic E-state index is 11.9. The maximum Gasteiger partial charge on any atom is 0.326 e. The van der Waals surface area contributed by atoms with Crippen molar-refractivity contribution in [2.45, 2.75) is 45.6 Å². The number of aryl methyl sites for hydroxylation is 1. The Bertz CT molecular complexity index is 496. The van der Waals surface area contributed by atoms with Gasteiger partial charge in [-0.15, -0.1) is 0 Å². The molecule has 0 fully saturated rings. The summed E-state index contributed by atoms with van der Waals surface area (Å²) in [6, 6.07) is 7.35. The van der Waals surface area contributed by atoms with Gasteiger partial charge in [0.2, 0.25) is 5.91 Å². The molecule has 0 aliphatic heterocycles. The summed E-state index contributed by atoms with van der Waals surface area (Å²) in [7, 11) is 1.50. The third-order valence-corrected chi connectivity index (χ3v) is 3.55. The summed E-state index contributed by atoms with van der Waals surface area (Å²) in [6.07, 6.45) is 2.19. The van der Waals surface area contributed by atoms with E-state index in [1.54, 1.807) is 0 Å². The number of carboxylic acids is 1. The van der Waals surface area contributed by atoms with E-state index in [1.807, 2.05) is 12.1 Å². The summed E-state index contributed by atoms with van der Waals surface area (Å²) in [5.41, 5.74) is 2.37. The van der Waals surface area contributed by atoms with Crippen LogP contribution in [0.3, 0.4) is 0 Å². The molecule has 0 radical (unpaired) electrons. The van der Waals surface area contributed by atoms with Gasteiger partial charge in [-0.1, -0.05) is 38.1 Å². The average molecular weight is 321 g/mol. The predicted molar refractivity (Wildman–Crippen MR) is 89.4 cm³/mol. The molecule has 0 heterocycles. The molecule has 0 aliphatic rings. The number of aliphatic carboxylic acids is 1. The van der Waals surface area contributed by atoms with E-state index in [9.17, 15) is 9.59 Å². The first-order valence-electron chi connectivity index (χ1n) is 8.01. The van der Waals surface area contributed by atoms with E-state index >= 15 is 0 Å². The Balaban J connectivity index is 2.44. The van der Waals surface area contributed by atoms with Crippen LogP contribution in [0.25, 0.3) is 0 Å². The molecule has 1 atom stereocenters. The van der Waals surface area contributed by atoms with Crippen LogP contribution in [0.1, 0.15) is 37.8 Å². The molecule has 1 unspecified atom stereocenters. The largest absolute Gasteiger partial charge is 0.480 e. The summed E-state index contributed by atoms with van der Waals surface area (Å²) in [5.74, 6) is -0.667. The first kappa shape index (κ1) is 19.2. The van der Waals surface area contributed by atoms with Crippen molar-refractivity contribution in [2.75, 3.05) is 13.7 Å². The van der Waals surface area contributed by atoms with Crippen LogP contribution in [-0.4, -0.2) is 36.7 Å². The lowest BCUT2D eigenvalue weighted by Gasteiger charge is -2.14. The molecule has 5 nitrogen and oxygen atoms in total. The SMILES string of the molecule is COCCC(NC(=O)CCc1ccc(CC(C)C)cc1)C(=O)O. The number of hydrogen-bond acceptors (Lipinski definition) is 3. The van der Waals surface area contributed by atoms with Crippen LogP contribution in [-0.2, 0) is 27.2 Å². The van der Waals surface area contributed by atoms with Crippen molar-refractivity contribution in [3.05, 3.63) is 35.4 Å². The van der Waals surface area contributed by atoms with Crippen LogP contribution in [0.4, 0.5) is 0 Å². The smallest absolute Gasteiger partial charge is 0.326 e. The fourth-order valence-corrected chi connectivity index (χ4v) is 2.33. The number of carboxylic acid groups (broad SMARTS) is 1. The van der Waals surface area contributed by atoms with E-state index in [4.69, 9.17) is 9.84 Å². The molecule has 0 saturated heterocycles. The van der Waals surface area contributed by atoms with Gasteiger partial charge < -0.3 is 15.2 Å². The fraction of sp³-hybridized carbons (Fsp3) is 0.556. The highest BCUT2D eigenvalue weighted by molar-refractivity contribution is 5.83. The molecule has 5 heteroatoms. The Morgan fingerprint density at radius 3 is 2.30 bits per heavy atom. The molecule has 0 aromatic heterocycles. The highest BCUT2D eigenvalue weighted by Crippen LogP contribution is 2.11. The fourth-order valence-electron chi connectivity index (χ4n) is 2.33. The molecule has 0 saturated carbocycles. The van der Waals surface area contributed by atoms with Crippen molar-refractivity contribution in [2.24, 2.45) is 5.92 Å². The van der Waals surface area contributed by atoms with Gasteiger partial charge in [0.05, 0.1) is 0 Å². The first-order chi connectivity index (χ1) is 10.9. The molecule has 0 spiro atoms. The zero-order valence-corrected chi connectivity index (χ0v) is 14.2. The Kier molecular flexibility index (Phi) is 8.33. The number of carbonyl (C=O) groups excluding carboxylic acids is 1. The second kappa shape index (κ2) is 10.0. The van der Waals surface area contributed by atoms with Gasteiger partial charge in [0.25, 0.3) is 0 Å². The maximum absolute atomic E-state index is 11.9. The number of nitrogens with one attached hydrogen (secondary N) is 1. The zero-order chi connectivity index (χ0) is 17.2. The van der Waals surface area contributed by atoms with Crippen molar-refractivity contribution in [1.29, 1.82) is 0 Å². The number of ether oxygens (including phenoxy) is 1. The van der Waals surface area contributed by atoms with Crippen LogP contribution in [0.5, 0.6) is 0 Å². The van der Waals surface area contributed by atoms with Gasteiger partial charge in [0.15, 0.2) is 0 Å². The van der Waals surface area contributed by atoms with Crippen LogP contribution in [0.2, 0.25) is 0 Å².